The Balaban J connectivity index is 1.70. The standard InChI is InChI=1S/C21H22FNO3/c1-14(15-7-9-17(22)10-8-15)11-20(24)23-12-18(19(13-23)21(25)26)16-5-3-2-4-6-16/h2-10,14,18-19H,11-13H2,1H3,(H,25,26). The monoisotopic (exact) mass is 355 g/mol. The number of nitrogens with zero attached hydrogens (tertiary/aromatic N) is 1. The molecule has 1 fully saturated rings. The fourth-order valence-corrected chi connectivity index (χ4v) is 3.60. The van der Waals surface area contributed by atoms with Crippen LogP contribution in [0.3, 0.4) is 0 Å². The van der Waals surface area contributed by atoms with Crippen molar-refractivity contribution in [2.45, 2.75) is 25.2 Å². The van der Waals surface area contributed by atoms with Gasteiger partial charge in [0, 0.05) is 25.4 Å². The third kappa shape index (κ3) is 3.93. The van der Waals surface area contributed by atoms with Gasteiger partial charge in [0.1, 0.15) is 5.82 Å². The van der Waals surface area contributed by atoms with Crippen molar-refractivity contribution in [3.05, 3.63) is 71.5 Å². The molecule has 3 unspecified atom stereocenters. The summed E-state index contributed by atoms with van der Waals surface area (Å²) in [5.74, 6) is -2.09. The normalized spacial score (nSPS) is 20.8. The van der Waals surface area contributed by atoms with Crippen molar-refractivity contribution < 1.29 is 19.1 Å². The van der Waals surface area contributed by atoms with E-state index in [9.17, 15) is 19.1 Å². The Bertz CT molecular complexity index is 776. The molecule has 5 heteroatoms. The molecule has 2 aromatic rings. The van der Waals surface area contributed by atoms with Gasteiger partial charge in [-0.2, -0.15) is 0 Å². The first-order chi connectivity index (χ1) is 12.5. The average Bonchev–Trinajstić information content (AvgIpc) is 3.09. The number of benzene rings is 2. The summed E-state index contributed by atoms with van der Waals surface area (Å²) < 4.78 is 13.1. The van der Waals surface area contributed by atoms with Gasteiger partial charge in [0.15, 0.2) is 0 Å². The number of carbonyl (C=O) groups excluding carboxylic acids is 1. The van der Waals surface area contributed by atoms with Gasteiger partial charge < -0.3 is 10.0 Å². The van der Waals surface area contributed by atoms with Crippen molar-refractivity contribution >= 4 is 11.9 Å². The van der Waals surface area contributed by atoms with Crippen LogP contribution in [0, 0.1) is 11.7 Å². The molecule has 0 aliphatic carbocycles. The van der Waals surface area contributed by atoms with Gasteiger partial charge in [-0.3, -0.25) is 9.59 Å². The molecule has 1 saturated heterocycles. The van der Waals surface area contributed by atoms with Crippen LogP contribution in [0.15, 0.2) is 54.6 Å². The van der Waals surface area contributed by atoms with E-state index in [2.05, 4.69) is 0 Å². The number of carbonyl (C=O) groups is 2. The second-order valence-electron chi connectivity index (χ2n) is 6.92. The molecule has 1 heterocycles. The Kier molecular flexibility index (Phi) is 5.35. The van der Waals surface area contributed by atoms with Crippen LogP contribution >= 0.6 is 0 Å². The van der Waals surface area contributed by atoms with Gasteiger partial charge in [0.2, 0.25) is 5.91 Å². The predicted molar refractivity (Wildman–Crippen MR) is 96.3 cm³/mol. The van der Waals surface area contributed by atoms with Gasteiger partial charge >= 0.3 is 5.97 Å². The van der Waals surface area contributed by atoms with Crippen molar-refractivity contribution in [2.75, 3.05) is 13.1 Å². The van der Waals surface area contributed by atoms with Crippen molar-refractivity contribution in [3.8, 4) is 0 Å². The van der Waals surface area contributed by atoms with Gasteiger partial charge in [0.05, 0.1) is 5.92 Å². The van der Waals surface area contributed by atoms with Crippen molar-refractivity contribution in [1.29, 1.82) is 0 Å². The lowest BCUT2D eigenvalue weighted by molar-refractivity contribution is -0.141. The number of halogens is 1. The highest BCUT2D eigenvalue weighted by molar-refractivity contribution is 5.80. The van der Waals surface area contributed by atoms with Gasteiger partial charge in [-0.05, 0) is 29.2 Å². The summed E-state index contributed by atoms with van der Waals surface area (Å²) in [6.45, 7) is 2.56. The van der Waals surface area contributed by atoms with E-state index in [-0.39, 0.29) is 36.5 Å². The summed E-state index contributed by atoms with van der Waals surface area (Å²) in [4.78, 5) is 26.0. The van der Waals surface area contributed by atoms with Crippen LogP contribution in [-0.4, -0.2) is 35.0 Å². The smallest absolute Gasteiger partial charge is 0.308 e. The van der Waals surface area contributed by atoms with Crippen LogP contribution in [0.1, 0.15) is 36.3 Å². The fourth-order valence-electron chi connectivity index (χ4n) is 3.60. The molecule has 4 nitrogen and oxygen atoms in total. The summed E-state index contributed by atoms with van der Waals surface area (Å²) in [7, 11) is 0. The molecule has 1 aliphatic rings. The van der Waals surface area contributed by atoms with E-state index in [1.807, 2.05) is 37.3 Å². The number of rotatable bonds is 5. The third-order valence-electron chi connectivity index (χ3n) is 5.14. The molecule has 0 bridgehead atoms. The zero-order valence-corrected chi connectivity index (χ0v) is 14.6. The minimum Gasteiger partial charge on any atom is -0.481 e. The number of hydrogen-bond donors (Lipinski definition) is 1. The first-order valence-corrected chi connectivity index (χ1v) is 8.76. The molecule has 1 aliphatic heterocycles. The van der Waals surface area contributed by atoms with Crippen molar-refractivity contribution in [3.63, 3.8) is 0 Å². The lowest BCUT2D eigenvalue weighted by atomic mass is 9.89. The summed E-state index contributed by atoms with van der Waals surface area (Å²) in [5, 5.41) is 9.56. The Morgan fingerprint density at radius 2 is 1.77 bits per heavy atom. The molecule has 0 saturated carbocycles. The largest absolute Gasteiger partial charge is 0.481 e. The van der Waals surface area contributed by atoms with Gasteiger partial charge in [0.25, 0.3) is 0 Å². The molecule has 0 spiro atoms. The van der Waals surface area contributed by atoms with Crippen LogP contribution in [0.2, 0.25) is 0 Å². The maximum absolute atomic E-state index is 13.1. The summed E-state index contributed by atoms with van der Waals surface area (Å²) in [6, 6.07) is 15.6. The Morgan fingerprint density at radius 3 is 2.38 bits per heavy atom. The minimum atomic E-state index is -0.874. The molecule has 3 atom stereocenters. The average molecular weight is 355 g/mol. The molecule has 136 valence electrons. The van der Waals surface area contributed by atoms with Gasteiger partial charge in [-0.25, -0.2) is 4.39 Å². The molecule has 0 radical (unpaired) electrons. The van der Waals surface area contributed by atoms with Crippen LogP contribution in [-0.2, 0) is 9.59 Å². The number of hydrogen-bond acceptors (Lipinski definition) is 2. The first kappa shape index (κ1) is 18.1. The van der Waals surface area contributed by atoms with Crippen LogP contribution in [0.4, 0.5) is 4.39 Å². The lowest BCUT2D eigenvalue weighted by Gasteiger charge is -2.19. The number of carboxylic acids is 1. The maximum Gasteiger partial charge on any atom is 0.308 e. The molecule has 2 aromatic carbocycles. The summed E-state index contributed by atoms with van der Waals surface area (Å²) in [5.41, 5.74) is 1.84. The van der Waals surface area contributed by atoms with E-state index in [0.717, 1.165) is 11.1 Å². The highest BCUT2D eigenvalue weighted by Gasteiger charge is 2.40. The topological polar surface area (TPSA) is 57.6 Å². The van der Waals surface area contributed by atoms with Gasteiger partial charge in [-0.15, -0.1) is 0 Å². The van der Waals surface area contributed by atoms with E-state index in [0.29, 0.717) is 6.54 Å². The quantitative estimate of drug-likeness (QED) is 0.891. The minimum absolute atomic E-state index is 0.0536. The third-order valence-corrected chi connectivity index (χ3v) is 5.14. The summed E-state index contributed by atoms with van der Waals surface area (Å²) >= 11 is 0. The second kappa shape index (κ2) is 7.68. The molecule has 3 rings (SSSR count). The molecular weight excluding hydrogens is 333 g/mol. The van der Waals surface area contributed by atoms with Crippen molar-refractivity contribution in [2.24, 2.45) is 5.92 Å². The molecule has 0 aromatic heterocycles. The SMILES string of the molecule is CC(CC(=O)N1CC(C(=O)O)C(c2ccccc2)C1)c1ccc(F)cc1. The second-order valence-corrected chi connectivity index (χ2v) is 6.92. The number of likely N-dealkylation sites (tertiary alicyclic amines) is 1. The van der Waals surface area contributed by atoms with E-state index in [1.54, 1.807) is 17.0 Å². The molecule has 1 N–H and O–H groups in total. The molecule has 1 amide bonds. The number of aliphatic carboxylic acids is 1. The highest BCUT2D eigenvalue weighted by Crippen LogP contribution is 2.34. The first-order valence-electron chi connectivity index (χ1n) is 8.76. The lowest BCUT2D eigenvalue weighted by Crippen LogP contribution is -2.30. The fraction of sp³-hybridized carbons (Fsp3) is 0.333. The van der Waals surface area contributed by atoms with Crippen LogP contribution in [0.5, 0.6) is 0 Å². The molecule has 26 heavy (non-hydrogen) atoms. The van der Waals surface area contributed by atoms with E-state index in [4.69, 9.17) is 0 Å². The summed E-state index contributed by atoms with van der Waals surface area (Å²) in [6.07, 6.45) is 0.277. The van der Waals surface area contributed by atoms with Crippen LogP contribution < -0.4 is 0 Å². The predicted octanol–water partition coefficient (Wildman–Crippen LogP) is 3.65. The van der Waals surface area contributed by atoms with Crippen molar-refractivity contribution in [1.82, 2.24) is 4.90 Å². The molecular formula is C21H22FNO3. The maximum atomic E-state index is 13.1. The van der Waals surface area contributed by atoms with E-state index in [1.165, 1.54) is 12.1 Å². The Labute approximate surface area is 152 Å². The van der Waals surface area contributed by atoms with Crippen LogP contribution in [0.25, 0.3) is 0 Å². The van der Waals surface area contributed by atoms with E-state index < -0.39 is 11.9 Å². The number of amides is 1. The Morgan fingerprint density at radius 1 is 1.12 bits per heavy atom. The van der Waals surface area contributed by atoms with E-state index >= 15 is 0 Å². The zero-order chi connectivity index (χ0) is 18.7. The number of carboxylic acid groups (broad SMARTS) is 1. The highest BCUT2D eigenvalue weighted by atomic mass is 19.1. The zero-order valence-electron chi connectivity index (χ0n) is 14.6. The Hall–Kier alpha value is -2.69. The van der Waals surface area contributed by atoms with Gasteiger partial charge in [-0.1, -0.05) is 49.4 Å².